The Labute approximate surface area is 742 Å². The molecule has 1 spiro atoms. The predicted octanol–water partition coefficient (Wildman–Crippen LogP) is 11.1. The van der Waals surface area contributed by atoms with Gasteiger partial charge in [0.1, 0.15) is 5.78 Å². The number of allylic oxidation sites excluding steroid dienone is 1. The minimum absolute atomic E-state index is 0. The topological polar surface area (TPSA) is 385 Å². The second-order valence-electron chi connectivity index (χ2n) is 37.8. The van der Waals surface area contributed by atoms with Gasteiger partial charge in [-0.1, -0.05) is 44.9 Å². The summed E-state index contributed by atoms with van der Waals surface area (Å²) in [6.45, 7) is 9.56. The minimum Gasteiger partial charge on any atom is -0.481 e. The van der Waals surface area contributed by atoms with Crippen LogP contribution in [0.3, 0.4) is 0 Å². The monoisotopic (exact) mass is 1850 g/mol. The zero-order chi connectivity index (χ0) is 86.1. The molecule has 1 heterocycles. The van der Waals surface area contributed by atoms with Crippen LogP contribution in [0.4, 0.5) is 0 Å². The Morgan fingerprint density at radius 3 is 1.14 bits per heavy atom. The Bertz CT molecular complexity index is 3300. The second-order valence-corrected chi connectivity index (χ2v) is 42.4. The minimum atomic E-state index is -3.42. The molecule has 24 nitrogen and oxygen atoms in total. The number of alkyl halides is 2. The predicted molar refractivity (Wildman–Crippen MR) is 481 cm³/mol. The van der Waals surface area contributed by atoms with E-state index in [9.17, 15) is 55.7 Å². The number of esters is 3. The molecule has 0 aromatic heterocycles. The van der Waals surface area contributed by atoms with Crippen molar-refractivity contribution >= 4 is 151 Å². The van der Waals surface area contributed by atoms with Gasteiger partial charge in [0.2, 0.25) is 12.5 Å². The molecule has 9 radical (unpaired) electrons. The van der Waals surface area contributed by atoms with E-state index in [1.54, 1.807) is 13.0 Å². The lowest BCUT2D eigenvalue weighted by molar-refractivity contribution is -0.497. The van der Waals surface area contributed by atoms with Gasteiger partial charge >= 0.3 is 23.9 Å². The maximum Gasteiger partial charge on any atom is 0.330 e. The molecule has 1 amide bonds. The summed E-state index contributed by atoms with van der Waals surface area (Å²) in [6, 6.07) is 0. The van der Waals surface area contributed by atoms with Crippen LogP contribution in [0.5, 0.6) is 0 Å². The molecule has 0 aromatic carbocycles. The fraction of sp³-hybridized carbons (Fsp3) is 0.904. The van der Waals surface area contributed by atoms with Crippen molar-refractivity contribution in [3.63, 3.8) is 0 Å². The van der Waals surface area contributed by atoms with Crippen LogP contribution in [0.2, 0.25) is 0 Å². The maximum absolute atomic E-state index is 11.6. The van der Waals surface area contributed by atoms with Gasteiger partial charge in [0.15, 0.2) is 0 Å². The number of halogens is 3. The smallest absolute Gasteiger partial charge is 0.330 e. The quantitative estimate of drug-likeness (QED) is 0.00685. The van der Waals surface area contributed by atoms with Crippen LogP contribution in [-0.2, 0) is 71.6 Å². The normalized spacial score (nSPS) is 31.5. The SMILES string of the molecule is BrC[C@@H]1CC[C@H]1CBr.C.CCOC(=O)C=C1C[C@@H]2CC[C@H]2C1.CCOC(=O)CC1(CN)C[C@@H]2CC[C@H]2C1.CCOC(=O)CC1(C[N+](=O)[O-])C[C@@H]2CC[C@H]2C1.CS(=O)(=O)OC[C@@H]1CC[C@H]1COS(C)(=O)=O.Cl.NCC1(CC(=O)O)C[C@@H]2CC[C@H]2C1.O=C1CC2(CN1)C[C@@H]1CC[C@H]1C2.O=C1C[C@@H]2CC[C@H]2C1.OC[C@@H]1CC[C@H]1CO.[B][B]B([B])B([B])[B]. The van der Waals surface area contributed by atoms with Crippen molar-refractivity contribution in [2.24, 2.45) is 140 Å². The van der Waals surface area contributed by atoms with Crippen molar-refractivity contribution in [2.45, 2.75) is 247 Å². The zero-order valence-corrected chi connectivity index (χ0v) is 76.7. The molecule has 0 unspecified atom stereocenters. The lowest BCUT2D eigenvalue weighted by Crippen LogP contribution is -2.43. The first kappa shape index (κ1) is 107. The van der Waals surface area contributed by atoms with Crippen molar-refractivity contribution in [3.05, 3.63) is 21.8 Å². The van der Waals surface area contributed by atoms with Gasteiger partial charge in [-0.2, -0.15) is 16.8 Å². The number of carboxylic acids is 1. The number of nitrogens with two attached hydrogens (primary N) is 2. The number of hydrogen-bond donors (Lipinski definition) is 6. The molecular formula is C83H141B7Br2ClN4O20S2. The summed E-state index contributed by atoms with van der Waals surface area (Å²) in [5.74, 6) is 12.4. The van der Waals surface area contributed by atoms with Gasteiger partial charge in [-0.05, 0) is 336 Å². The summed E-state index contributed by atoms with van der Waals surface area (Å²) < 4.78 is 67.2. The summed E-state index contributed by atoms with van der Waals surface area (Å²) in [4.78, 5) is 77.3. The Balaban J connectivity index is 0.000000238. The first-order valence-electron chi connectivity index (χ1n) is 44.0. The lowest BCUT2D eigenvalue weighted by Gasteiger charge is -2.35. The third-order valence-electron chi connectivity index (χ3n) is 29.6. The Morgan fingerprint density at radius 1 is 0.555 bits per heavy atom. The number of fused-ring (bicyclic) bond motifs is 6. The fourth-order valence-electron chi connectivity index (χ4n) is 21.3. The van der Waals surface area contributed by atoms with Gasteiger partial charge in [0.25, 0.3) is 20.2 Å². The number of rotatable bonds is 26. The molecule has 119 heavy (non-hydrogen) atoms. The number of carboxylic acid groups (broad SMARTS) is 1. The highest BCUT2D eigenvalue weighted by Gasteiger charge is 2.55. The van der Waals surface area contributed by atoms with Crippen LogP contribution < -0.4 is 16.8 Å². The average Bonchev–Trinajstić information content (AvgIpc) is 1.62. The largest absolute Gasteiger partial charge is 0.481 e. The summed E-state index contributed by atoms with van der Waals surface area (Å²) >= 11 is 6.97. The average molecular weight is 1850 g/mol. The molecule has 36 heteroatoms. The molecular weight excluding hydrogens is 1710 g/mol. The second kappa shape index (κ2) is 50.9. The van der Waals surface area contributed by atoms with Crippen molar-refractivity contribution in [1.82, 2.24) is 5.32 Å². The van der Waals surface area contributed by atoms with E-state index in [2.05, 4.69) is 45.5 Å². The number of nitrogens with zero attached hydrogens (tertiary/aromatic N) is 1. The number of amides is 1. The van der Waals surface area contributed by atoms with Crippen LogP contribution in [0.1, 0.15) is 247 Å². The van der Waals surface area contributed by atoms with E-state index in [0.717, 1.165) is 186 Å². The van der Waals surface area contributed by atoms with Gasteiger partial charge in [0.05, 0.1) is 64.8 Å². The number of aliphatic hydroxyl groups excluding tert-OH is 2. The number of nitrogens with one attached hydrogen (secondary N) is 1. The molecule has 667 valence electrons. The summed E-state index contributed by atoms with van der Waals surface area (Å²) in [7, 11) is 14.8. The van der Waals surface area contributed by atoms with E-state index in [1.165, 1.54) is 126 Å². The number of aliphatic hydroxyl groups is 2. The van der Waals surface area contributed by atoms with Crippen LogP contribution in [-0.4, -0.2) is 219 Å². The highest BCUT2D eigenvalue weighted by molar-refractivity contribution is 9.09. The van der Waals surface area contributed by atoms with Gasteiger partial charge in [-0.25, -0.2) is 4.79 Å². The number of ketones is 1. The molecule has 0 bridgehead atoms. The number of hydrogen-bond acceptors (Lipinski definition) is 21. The summed E-state index contributed by atoms with van der Waals surface area (Å²) in [6.07, 6.45) is 40.1. The van der Waals surface area contributed by atoms with E-state index in [-0.39, 0.29) is 123 Å². The third-order valence-corrected chi connectivity index (χ3v) is 32.4. The van der Waals surface area contributed by atoms with E-state index >= 15 is 0 Å². The lowest BCUT2D eigenvalue weighted by atomic mass is 8.76. The number of carbonyl (C=O) groups excluding carboxylic acids is 5. The van der Waals surface area contributed by atoms with Crippen molar-refractivity contribution in [2.75, 3.05) is 95.6 Å². The van der Waals surface area contributed by atoms with Gasteiger partial charge < -0.3 is 46.3 Å². The number of Topliss-reactive ketones (excluding diaryl/α,β-unsaturated/α-hetero) is 1. The first-order chi connectivity index (χ1) is 55.4. The van der Waals surface area contributed by atoms with Gasteiger partial charge in [0, 0.05) is 117 Å². The molecule has 16 fully saturated rings. The van der Waals surface area contributed by atoms with Crippen molar-refractivity contribution < 1.29 is 88.4 Å². The van der Waals surface area contributed by atoms with Crippen LogP contribution in [0, 0.1) is 138 Å². The van der Waals surface area contributed by atoms with E-state index in [1.807, 2.05) is 13.8 Å². The molecule has 18 atom stereocenters. The Kier molecular flexibility index (Phi) is 45.8. The summed E-state index contributed by atoms with van der Waals surface area (Å²) in [5, 5.41) is 42.1. The van der Waals surface area contributed by atoms with E-state index in [0.29, 0.717) is 74.2 Å². The van der Waals surface area contributed by atoms with Crippen LogP contribution in [0.15, 0.2) is 11.6 Å². The molecule has 1 saturated heterocycles. The van der Waals surface area contributed by atoms with Crippen molar-refractivity contribution in [1.29, 1.82) is 0 Å². The highest BCUT2D eigenvalue weighted by Crippen LogP contribution is 2.60. The fourth-order valence-corrected chi connectivity index (χ4v) is 23.8. The molecule has 1 aliphatic heterocycles. The van der Waals surface area contributed by atoms with E-state index in [4.69, 9.17) is 71.9 Å². The number of nitro groups is 1. The highest BCUT2D eigenvalue weighted by atomic mass is 79.9. The summed E-state index contributed by atoms with van der Waals surface area (Å²) in [5.41, 5.74) is 12.9. The maximum atomic E-state index is 11.6. The third kappa shape index (κ3) is 33.6. The number of carbonyl (C=O) groups is 6. The zero-order valence-electron chi connectivity index (χ0n) is 71.1. The molecule has 0 aromatic rings. The molecule has 16 aliphatic rings. The van der Waals surface area contributed by atoms with Crippen molar-refractivity contribution in [3.8, 4) is 0 Å². The molecule has 15 aliphatic carbocycles. The molecule has 16 rings (SSSR count). The van der Waals surface area contributed by atoms with Crippen LogP contribution in [0.25, 0.3) is 0 Å². The van der Waals surface area contributed by atoms with Crippen LogP contribution >= 0.6 is 44.3 Å². The first-order valence-corrected chi connectivity index (χ1v) is 49.8. The molecule has 15 saturated carbocycles. The number of aliphatic carboxylic acids is 1. The molecule has 8 N–H and O–H groups in total. The van der Waals surface area contributed by atoms with Gasteiger partial charge in [-0.3, -0.25) is 42.5 Å². The Morgan fingerprint density at radius 2 is 0.891 bits per heavy atom. The number of ether oxygens (including phenoxy) is 3. The van der Waals surface area contributed by atoms with Gasteiger partial charge in [-0.15, -0.1) is 12.4 Å². The van der Waals surface area contributed by atoms with E-state index < -0.39 is 38.0 Å². The standard InChI is InChI=1S/C12H19NO4.C12H21NO2.C11H16O2.C10H17NO2.C10H15NO.C8H16O6S2.C7H10O.C6H10Br2.C6H12O2.CH4.B7.ClH/c1-2-17-11(14)7-12(8-13(15)16)5-9-3-4-10(9)6-12;1-2-15-11(14)7-12(8-13)5-9-3-4-10(9)6-12;1-2-13-11(12)7-8-5-9-3-4-10(9)6-8;11-6-10(5-9(12)13)3-7-1-2-8(7)4-10;12-9-5-10(6-11-9)3-7-1-2-8(7)4-10;1-15(9,10)13-5-7-3-4-8(7)6-14-16(2,11)12;8-7-3-5-1-2-6(5)4-7;2*7-3-5-1-2-6(5)4-8;;1-5-7(4)6(2)3;/h9-10H,2-8H2,1H3;9-10H,2-8,13H2,1H3;7,9-10H,2-6H2,1H3;7-8H,1-6,11H2,(H,12,13);7-8H,1-6H2,(H,11,12);7-8H,3-6H2,1-2H3;2*5-6H,1-4H2;5-8H,1-4H2;1H4;;1H/t3*9-,10-;3*7-,8-;3*5-,6-;;;/m000000000.../s1. The Hall–Kier alpha value is -2.48.